The fourth-order valence-corrected chi connectivity index (χ4v) is 9.05. The van der Waals surface area contributed by atoms with Gasteiger partial charge in [0.05, 0.1) is 17.3 Å². The summed E-state index contributed by atoms with van der Waals surface area (Å²) in [7, 11) is -3.99. The summed E-state index contributed by atoms with van der Waals surface area (Å²) >= 11 is 0. The van der Waals surface area contributed by atoms with Crippen molar-refractivity contribution in [2.24, 2.45) is 0 Å². The Labute approximate surface area is 316 Å². The number of rotatable bonds is 15. The standard InChI is InChI=1S/C46H54N2O4S/c1-34(49)20-10-9-17-31-47-39-29-27-35-21-13-15-23-37(35)43(39)45(2,3)41(47)25-11-7-6-8-12-26-42-46(4,5)44-38-24-16-14-22-36(38)28-30-40(44)48(42)32-18-19-33-53(50,51)52/h6-8,11-16,21-30,34,49H,9-10,17-20,31-33H2,1-5H3/p+1. The zero-order valence-electron chi connectivity index (χ0n) is 31.9. The first kappa shape index (κ1) is 38.4. The highest BCUT2D eigenvalue weighted by Gasteiger charge is 2.45. The topological polar surface area (TPSA) is 80.9 Å². The van der Waals surface area contributed by atoms with Crippen LogP contribution in [0, 0.1) is 0 Å². The van der Waals surface area contributed by atoms with Crippen LogP contribution < -0.4 is 4.90 Å². The van der Waals surface area contributed by atoms with Gasteiger partial charge in [0.15, 0.2) is 5.71 Å². The SMILES string of the molecule is CC(O)CCCCC[N+]1=C(C=CC=CC=CC=C2N(CCCCS(=O)(=O)O)c3ccc4ccccc4c3C2(C)C)C(C)(C)c2c1ccc1ccccc21. The molecule has 278 valence electrons. The Morgan fingerprint density at radius 1 is 0.736 bits per heavy atom. The molecule has 0 bridgehead atoms. The third-order valence-corrected chi connectivity index (χ3v) is 11.8. The van der Waals surface area contributed by atoms with Gasteiger partial charge < -0.3 is 10.0 Å². The number of nitrogens with zero attached hydrogens (tertiary/aromatic N) is 2. The van der Waals surface area contributed by atoms with Gasteiger partial charge in [-0.1, -0.05) is 105 Å². The normalized spacial score (nSPS) is 18.1. The van der Waals surface area contributed by atoms with Crippen molar-refractivity contribution in [1.82, 2.24) is 0 Å². The molecule has 2 aliphatic rings. The van der Waals surface area contributed by atoms with Crippen molar-refractivity contribution in [2.75, 3.05) is 23.7 Å². The second-order valence-corrected chi connectivity index (χ2v) is 17.2. The number of allylic oxidation sites excluding steroid dienone is 8. The summed E-state index contributed by atoms with van der Waals surface area (Å²) in [4.78, 5) is 2.32. The third-order valence-electron chi connectivity index (χ3n) is 11.0. The molecule has 53 heavy (non-hydrogen) atoms. The Kier molecular flexibility index (Phi) is 11.6. The summed E-state index contributed by atoms with van der Waals surface area (Å²) < 4.78 is 34.6. The minimum absolute atomic E-state index is 0.168. The molecule has 0 radical (unpaired) electrons. The molecule has 0 spiro atoms. The predicted molar refractivity (Wildman–Crippen MR) is 222 cm³/mol. The van der Waals surface area contributed by atoms with Crippen molar-refractivity contribution in [2.45, 2.75) is 90.1 Å². The monoisotopic (exact) mass is 731 g/mol. The van der Waals surface area contributed by atoms with Crippen LogP contribution >= 0.6 is 0 Å². The van der Waals surface area contributed by atoms with E-state index in [1.807, 2.05) is 6.92 Å². The van der Waals surface area contributed by atoms with E-state index in [1.54, 1.807) is 0 Å². The first-order valence-electron chi connectivity index (χ1n) is 19.1. The first-order chi connectivity index (χ1) is 25.3. The zero-order chi connectivity index (χ0) is 37.8. The molecular formula is C46H55N2O4S+. The summed E-state index contributed by atoms with van der Waals surface area (Å²) in [5.74, 6) is -0.229. The van der Waals surface area contributed by atoms with Crippen LogP contribution in [0.1, 0.15) is 84.3 Å². The lowest BCUT2D eigenvalue weighted by atomic mass is 9.79. The van der Waals surface area contributed by atoms with Gasteiger partial charge in [0, 0.05) is 47.5 Å². The molecule has 0 aromatic heterocycles. The van der Waals surface area contributed by atoms with Crippen molar-refractivity contribution in [3.63, 3.8) is 0 Å². The number of aliphatic hydroxyl groups excluding tert-OH is 1. The van der Waals surface area contributed by atoms with E-state index in [2.05, 4.69) is 152 Å². The number of unbranched alkanes of at least 4 members (excludes halogenated alkanes) is 3. The predicted octanol–water partition coefficient (Wildman–Crippen LogP) is 10.3. The van der Waals surface area contributed by atoms with E-state index in [1.165, 1.54) is 44.1 Å². The molecule has 0 saturated carbocycles. The molecule has 2 aliphatic heterocycles. The highest BCUT2D eigenvalue weighted by atomic mass is 32.2. The first-order valence-corrected chi connectivity index (χ1v) is 20.7. The van der Waals surface area contributed by atoms with Gasteiger partial charge >= 0.3 is 0 Å². The maximum absolute atomic E-state index is 11.4. The lowest BCUT2D eigenvalue weighted by molar-refractivity contribution is -0.438. The summed E-state index contributed by atoms with van der Waals surface area (Å²) in [5, 5.41) is 14.7. The molecule has 2 N–H and O–H groups in total. The van der Waals surface area contributed by atoms with Crippen molar-refractivity contribution in [3.8, 4) is 0 Å². The number of aliphatic hydroxyl groups is 1. The van der Waals surface area contributed by atoms with Crippen molar-refractivity contribution < 1.29 is 22.7 Å². The Balaban J connectivity index is 1.24. The molecule has 6 nitrogen and oxygen atoms in total. The van der Waals surface area contributed by atoms with Crippen molar-refractivity contribution in [1.29, 1.82) is 0 Å². The fraction of sp³-hybridized carbons (Fsp3) is 0.370. The second kappa shape index (κ2) is 16.0. The highest BCUT2D eigenvalue weighted by molar-refractivity contribution is 7.85. The molecule has 0 fully saturated rings. The van der Waals surface area contributed by atoms with E-state index in [0.717, 1.165) is 43.6 Å². The van der Waals surface area contributed by atoms with Crippen LogP contribution in [0.25, 0.3) is 21.5 Å². The molecule has 1 unspecified atom stereocenters. The van der Waals surface area contributed by atoms with Crippen LogP contribution in [0.2, 0.25) is 0 Å². The van der Waals surface area contributed by atoms with Crippen molar-refractivity contribution in [3.05, 3.63) is 132 Å². The van der Waals surface area contributed by atoms with Gasteiger partial charge in [0.1, 0.15) is 6.54 Å². The summed E-state index contributed by atoms with van der Waals surface area (Å²) in [6, 6.07) is 26.0. The summed E-state index contributed by atoms with van der Waals surface area (Å²) in [6.45, 7) is 12.6. The molecule has 0 saturated heterocycles. The third kappa shape index (κ3) is 8.28. The largest absolute Gasteiger partial charge is 0.393 e. The van der Waals surface area contributed by atoms with Gasteiger partial charge in [-0.3, -0.25) is 4.55 Å². The average molecular weight is 732 g/mol. The van der Waals surface area contributed by atoms with Crippen LogP contribution in [-0.2, 0) is 20.9 Å². The van der Waals surface area contributed by atoms with Gasteiger partial charge in [-0.2, -0.15) is 13.0 Å². The van der Waals surface area contributed by atoms with E-state index in [9.17, 15) is 18.1 Å². The molecule has 1 atom stereocenters. The van der Waals surface area contributed by atoms with Crippen molar-refractivity contribution >= 4 is 48.7 Å². The number of hydrogen-bond donors (Lipinski definition) is 2. The van der Waals surface area contributed by atoms with Crippen LogP contribution in [-0.4, -0.2) is 53.3 Å². The van der Waals surface area contributed by atoms with Crippen LogP contribution in [0.15, 0.2) is 121 Å². The minimum Gasteiger partial charge on any atom is -0.393 e. The van der Waals surface area contributed by atoms with Crippen LogP contribution in [0.4, 0.5) is 11.4 Å². The number of fused-ring (bicyclic) bond motifs is 6. The van der Waals surface area contributed by atoms with Gasteiger partial charge in [0.2, 0.25) is 5.69 Å². The summed E-state index contributed by atoms with van der Waals surface area (Å²) in [5.41, 5.74) is 7.11. The summed E-state index contributed by atoms with van der Waals surface area (Å²) in [6.07, 6.45) is 19.7. The Bertz CT molecular complexity index is 2240. The minimum atomic E-state index is -3.99. The molecule has 0 amide bonds. The van der Waals surface area contributed by atoms with Gasteiger partial charge in [-0.25, -0.2) is 0 Å². The molecule has 0 aliphatic carbocycles. The van der Waals surface area contributed by atoms with E-state index in [0.29, 0.717) is 19.4 Å². The molecular weight excluding hydrogens is 677 g/mol. The molecule has 6 rings (SSSR count). The number of anilines is 1. The second-order valence-electron chi connectivity index (χ2n) is 15.7. The van der Waals surface area contributed by atoms with E-state index >= 15 is 0 Å². The van der Waals surface area contributed by atoms with Gasteiger partial charge in [-0.15, -0.1) is 0 Å². The number of benzene rings is 4. The molecule has 2 heterocycles. The Morgan fingerprint density at radius 3 is 2.08 bits per heavy atom. The van der Waals surface area contributed by atoms with E-state index in [-0.39, 0.29) is 22.7 Å². The fourth-order valence-electron chi connectivity index (χ4n) is 8.48. The Morgan fingerprint density at radius 2 is 1.38 bits per heavy atom. The van der Waals surface area contributed by atoms with E-state index in [4.69, 9.17) is 0 Å². The van der Waals surface area contributed by atoms with Gasteiger partial charge in [0.25, 0.3) is 10.1 Å². The smallest absolute Gasteiger partial charge is 0.264 e. The highest BCUT2D eigenvalue weighted by Crippen LogP contribution is 2.51. The average Bonchev–Trinajstić information content (AvgIpc) is 3.47. The Hall–Kier alpha value is -4.30. The molecule has 4 aromatic carbocycles. The van der Waals surface area contributed by atoms with Crippen LogP contribution in [0.3, 0.4) is 0 Å². The molecule has 4 aromatic rings. The quantitative estimate of drug-likeness (QED) is 0.0551. The zero-order valence-corrected chi connectivity index (χ0v) is 32.7. The number of hydrogen-bond acceptors (Lipinski definition) is 4. The maximum atomic E-state index is 11.4. The van der Waals surface area contributed by atoms with E-state index < -0.39 is 10.1 Å². The maximum Gasteiger partial charge on any atom is 0.264 e. The molecule has 7 heteroatoms. The van der Waals surface area contributed by atoms with Gasteiger partial charge in [-0.05, 0) is 91.8 Å². The van der Waals surface area contributed by atoms with Crippen LogP contribution in [0.5, 0.6) is 0 Å². The lowest BCUT2D eigenvalue weighted by Crippen LogP contribution is -2.28. The lowest BCUT2D eigenvalue weighted by Gasteiger charge is -2.27.